The fourth-order valence-corrected chi connectivity index (χ4v) is 1.12. The Kier molecular flexibility index (Phi) is 3.09. The van der Waals surface area contributed by atoms with Crippen molar-refractivity contribution in [2.75, 3.05) is 0 Å². The highest BCUT2D eigenvalue weighted by Crippen LogP contribution is 2.21. The maximum atomic E-state index is 10.0. The summed E-state index contributed by atoms with van der Waals surface area (Å²) in [6.45, 7) is 1.84. The molecular formula is C9H8N2O2. The molecule has 0 bridgehead atoms. The van der Waals surface area contributed by atoms with Crippen LogP contribution in [0.3, 0.4) is 0 Å². The zero-order valence-electron chi connectivity index (χ0n) is 7.15. The molecule has 0 N–H and O–H groups in total. The Labute approximate surface area is 75.4 Å². The Morgan fingerprint density at radius 1 is 1.46 bits per heavy atom. The lowest BCUT2D eigenvalue weighted by molar-refractivity contribution is 0.559. The molecule has 0 saturated carbocycles. The topological polar surface area (TPSA) is 58.9 Å². The highest BCUT2D eigenvalue weighted by molar-refractivity contribution is 5.42. The van der Waals surface area contributed by atoms with Crippen molar-refractivity contribution in [1.82, 2.24) is 0 Å². The highest BCUT2D eigenvalue weighted by atomic mass is 16.1. The Balaban J connectivity index is 2.89. The standard InChI is InChI=1S/C9H8N2O2/c1-7-2-3-8(10-5-12)4-9(7)11-6-13/h2-3,8H,4H2,1H3. The molecule has 0 heterocycles. The van der Waals surface area contributed by atoms with E-state index in [2.05, 4.69) is 9.98 Å². The van der Waals surface area contributed by atoms with Gasteiger partial charge in [0.15, 0.2) is 0 Å². The van der Waals surface area contributed by atoms with Gasteiger partial charge in [-0.15, -0.1) is 0 Å². The molecule has 4 heteroatoms. The first-order valence-electron chi connectivity index (χ1n) is 3.80. The van der Waals surface area contributed by atoms with Gasteiger partial charge in [-0.3, -0.25) is 0 Å². The first-order chi connectivity index (χ1) is 6.27. The van der Waals surface area contributed by atoms with Crippen molar-refractivity contribution < 1.29 is 9.59 Å². The van der Waals surface area contributed by atoms with Crippen LogP contribution < -0.4 is 0 Å². The van der Waals surface area contributed by atoms with E-state index in [9.17, 15) is 9.59 Å². The van der Waals surface area contributed by atoms with Gasteiger partial charge in [-0.2, -0.15) is 9.98 Å². The smallest absolute Gasteiger partial charge is 0.211 e. The molecule has 4 nitrogen and oxygen atoms in total. The molecule has 13 heavy (non-hydrogen) atoms. The molecule has 0 aromatic rings. The molecule has 1 unspecified atom stereocenters. The van der Waals surface area contributed by atoms with Crippen molar-refractivity contribution in [3.63, 3.8) is 0 Å². The predicted molar refractivity (Wildman–Crippen MR) is 46.5 cm³/mol. The van der Waals surface area contributed by atoms with Crippen LogP contribution in [0.2, 0.25) is 0 Å². The lowest BCUT2D eigenvalue weighted by Gasteiger charge is -2.11. The van der Waals surface area contributed by atoms with Crippen LogP contribution in [-0.4, -0.2) is 18.2 Å². The maximum absolute atomic E-state index is 10.0. The molecule has 0 aromatic heterocycles. The summed E-state index contributed by atoms with van der Waals surface area (Å²) in [5.41, 5.74) is 1.53. The van der Waals surface area contributed by atoms with Gasteiger partial charge in [0.05, 0.1) is 11.7 Å². The minimum absolute atomic E-state index is 0.242. The van der Waals surface area contributed by atoms with E-state index in [1.165, 1.54) is 12.2 Å². The summed E-state index contributed by atoms with van der Waals surface area (Å²) in [7, 11) is 0. The third-order valence-electron chi connectivity index (χ3n) is 1.83. The van der Waals surface area contributed by atoms with Crippen molar-refractivity contribution in [3.8, 4) is 0 Å². The van der Waals surface area contributed by atoms with Gasteiger partial charge < -0.3 is 0 Å². The summed E-state index contributed by atoms with van der Waals surface area (Å²) < 4.78 is 0. The van der Waals surface area contributed by atoms with Crippen LogP contribution in [0.15, 0.2) is 33.4 Å². The number of nitrogens with zero attached hydrogens (tertiary/aromatic N) is 2. The molecule has 1 atom stereocenters. The molecule has 0 radical (unpaired) electrons. The molecule has 0 fully saturated rings. The number of carbonyl (C=O) groups excluding carboxylic acids is 2. The summed E-state index contributed by atoms with van der Waals surface area (Å²) in [6.07, 6.45) is 6.98. The lowest BCUT2D eigenvalue weighted by Crippen LogP contribution is -2.06. The van der Waals surface area contributed by atoms with Crippen LogP contribution in [0.4, 0.5) is 0 Å². The Morgan fingerprint density at radius 3 is 2.85 bits per heavy atom. The Hall–Kier alpha value is -1.76. The summed E-state index contributed by atoms with van der Waals surface area (Å²) in [5, 5.41) is 0. The van der Waals surface area contributed by atoms with E-state index in [1.54, 1.807) is 12.2 Å². The second-order valence-corrected chi connectivity index (χ2v) is 2.68. The monoisotopic (exact) mass is 176 g/mol. The van der Waals surface area contributed by atoms with Crippen molar-refractivity contribution in [2.24, 2.45) is 9.98 Å². The summed E-state index contributed by atoms with van der Waals surface area (Å²) >= 11 is 0. The van der Waals surface area contributed by atoms with Gasteiger partial charge in [0.25, 0.3) is 0 Å². The molecule has 0 aromatic carbocycles. The minimum Gasteiger partial charge on any atom is -0.211 e. The largest absolute Gasteiger partial charge is 0.240 e. The fraction of sp³-hybridized carbons (Fsp3) is 0.333. The van der Waals surface area contributed by atoms with E-state index in [4.69, 9.17) is 0 Å². The third-order valence-corrected chi connectivity index (χ3v) is 1.83. The van der Waals surface area contributed by atoms with Gasteiger partial charge in [0.1, 0.15) is 0 Å². The van der Waals surface area contributed by atoms with Crippen molar-refractivity contribution >= 4 is 12.2 Å². The third kappa shape index (κ3) is 2.34. The molecular weight excluding hydrogens is 168 g/mol. The summed E-state index contributed by atoms with van der Waals surface area (Å²) in [4.78, 5) is 27.1. The summed E-state index contributed by atoms with van der Waals surface area (Å²) in [6, 6.07) is -0.242. The van der Waals surface area contributed by atoms with Crippen molar-refractivity contribution in [2.45, 2.75) is 19.4 Å². The number of hydrogen-bond donors (Lipinski definition) is 0. The van der Waals surface area contributed by atoms with E-state index < -0.39 is 0 Å². The highest BCUT2D eigenvalue weighted by Gasteiger charge is 2.12. The normalized spacial score (nSPS) is 20.5. The van der Waals surface area contributed by atoms with Gasteiger partial charge in [-0.25, -0.2) is 9.59 Å². The predicted octanol–water partition coefficient (Wildman–Crippen LogP) is 1.26. The van der Waals surface area contributed by atoms with Gasteiger partial charge in [-0.1, -0.05) is 12.2 Å². The fourth-order valence-electron chi connectivity index (χ4n) is 1.12. The second kappa shape index (κ2) is 4.31. The molecule has 0 spiro atoms. The first kappa shape index (κ1) is 9.33. The van der Waals surface area contributed by atoms with Gasteiger partial charge in [0.2, 0.25) is 12.2 Å². The summed E-state index contributed by atoms with van der Waals surface area (Å²) in [5.74, 6) is 0. The van der Waals surface area contributed by atoms with Crippen LogP contribution in [0.5, 0.6) is 0 Å². The molecule has 1 aliphatic rings. The SMILES string of the molecule is CC1=C(N=C=O)CC(N=C=O)C=C1. The molecule has 0 amide bonds. The van der Waals surface area contributed by atoms with Crippen LogP contribution in [0.25, 0.3) is 0 Å². The van der Waals surface area contributed by atoms with E-state index in [-0.39, 0.29) is 6.04 Å². The molecule has 66 valence electrons. The van der Waals surface area contributed by atoms with E-state index in [0.29, 0.717) is 12.1 Å². The van der Waals surface area contributed by atoms with Crippen molar-refractivity contribution in [3.05, 3.63) is 23.4 Å². The maximum Gasteiger partial charge on any atom is 0.240 e. The average Bonchev–Trinajstić information content (AvgIpc) is 2.12. The Bertz CT molecular complexity index is 356. The van der Waals surface area contributed by atoms with Gasteiger partial charge >= 0.3 is 0 Å². The molecule has 1 rings (SSSR count). The number of rotatable bonds is 2. The van der Waals surface area contributed by atoms with Gasteiger partial charge in [-0.05, 0) is 12.5 Å². The second-order valence-electron chi connectivity index (χ2n) is 2.68. The van der Waals surface area contributed by atoms with Crippen LogP contribution in [0.1, 0.15) is 13.3 Å². The average molecular weight is 176 g/mol. The van der Waals surface area contributed by atoms with E-state index in [0.717, 1.165) is 5.57 Å². The van der Waals surface area contributed by atoms with E-state index >= 15 is 0 Å². The lowest BCUT2D eigenvalue weighted by atomic mass is 10.0. The number of aliphatic imine (C=N–C) groups is 2. The van der Waals surface area contributed by atoms with Crippen LogP contribution in [-0.2, 0) is 9.59 Å². The minimum atomic E-state index is -0.242. The molecule has 0 saturated heterocycles. The number of isocyanates is 2. The number of hydrogen-bond acceptors (Lipinski definition) is 4. The van der Waals surface area contributed by atoms with Gasteiger partial charge in [0, 0.05) is 6.42 Å². The first-order valence-corrected chi connectivity index (χ1v) is 3.80. The van der Waals surface area contributed by atoms with Crippen molar-refractivity contribution in [1.29, 1.82) is 0 Å². The van der Waals surface area contributed by atoms with Crippen LogP contribution >= 0.6 is 0 Å². The van der Waals surface area contributed by atoms with Crippen LogP contribution in [0, 0.1) is 0 Å². The molecule has 1 aliphatic carbocycles. The quantitative estimate of drug-likeness (QED) is 0.469. The number of allylic oxidation sites excluding steroid dienone is 2. The zero-order valence-corrected chi connectivity index (χ0v) is 7.15. The molecule has 0 aliphatic heterocycles. The Morgan fingerprint density at radius 2 is 2.23 bits per heavy atom. The van der Waals surface area contributed by atoms with E-state index in [1.807, 2.05) is 6.92 Å². The zero-order chi connectivity index (χ0) is 9.68.